The van der Waals surface area contributed by atoms with Gasteiger partial charge in [0.1, 0.15) is 0 Å². The standard InChI is InChI=1S/C5H12N2O/c1-4(8)3-7-5(2)6/h4,7-8H,2-3,6H2,1H3. The van der Waals surface area contributed by atoms with Gasteiger partial charge >= 0.3 is 0 Å². The summed E-state index contributed by atoms with van der Waals surface area (Å²) in [5.74, 6) is 0.394. The minimum absolute atomic E-state index is 0.365. The van der Waals surface area contributed by atoms with E-state index in [9.17, 15) is 0 Å². The molecule has 1 atom stereocenters. The first-order chi connectivity index (χ1) is 3.63. The third-order valence-electron chi connectivity index (χ3n) is 0.625. The van der Waals surface area contributed by atoms with Crippen LogP contribution in [-0.2, 0) is 0 Å². The monoisotopic (exact) mass is 116 g/mol. The molecule has 1 unspecified atom stereocenters. The van der Waals surface area contributed by atoms with Crippen molar-refractivity contribution in [3.63, 3.8) is 0 Å². The van der Waals surface area contributed by atoms with Crippen molar-refractivity contribution in [2.75, 3.05) is 6.54 Å². The van der Waals surface area contributed by atoms with E-state index < -0.39 is 0 Å². The zero-order valence-corrected chi connectivity index (χ0v) is 5.02. The maximum Gasteiger partial charge on any atom is 0.0886 e. The Morgan fingerprint density at radius 3 is 2.62 bits per heavy atom. The number of rotatable bonds is 3. The highest BCUT2D eigenvalue weighted by molar-refractivity contribution is 4.82. The third kappa shape index (κ3) is 5.30. The van der Waals surface area contributed by atoms with Crippen molar-refractivity contribution in [1.29, 1.82) is 0 Å². The molecule has 0 spiro atoms. The van der Waals surface area contributed by atoms with Gasteiger partial charge in [-0.25, -0.2) is 0 Å². The SMILES string of the molecule is C=C(N)NCC(C)O. The van der Waals surface area contributed by atoms with Crippen LogP contribution in [0.1, 0.15) is 6.92 Å². The number of aliphatic hydroxyl groups excluding tert-OH is 1. The summed E-state index contributed by atoms with van der Waals surface area (Å²) in [6.07, 6.45) is -0.365. The van der Waals surface area contributed by atoms with Crippen molar-refractivity contribution >= 4 is 0 Å². The van der Waals surface area contributed by atoms with Gasteiger partial charge < -0.3 is 16.2 Å². The highest BCUT2D eigenvalue weighted by atomic mass is 16.3. The molecular weight excluding hydrogens is 104 g/mol. The summed E-state index contributed by atoms with van der Waals surface area (Å²) in [6, 6.07) is 0. The molecule has 0 saturated carbocycles. The van der Waals surface area contributed by atoms with Crippen LogP contribution in [0.25, 0.3) is 0 Å². The molecule has 3 heteroatoms. The second-order valence-corrected chi connectivity index (χ2v) is 1.76. The van der Waals surface area contributed by atoms with Crippen LogP contribution in [0, 0.1) is 0 Å². The molecule has 0 aliphatic carbocycles. The Morgan fingerprint density at radius 2 is 2.50 bits per heavy atom. The lowest BCUT2D eigenvalue weighted by atomic mass is 10.4. The topological polar surface area (TPSA) is 58.3 Å². The number of nitrogens with one attached hydrogen (secondary N) is 1. The summed E-state index contributed by atoms with van der Waals surface area (Å²) >= 11 is 0. The minimum atomic E-state index is -0.365. The molecular formula is C5H12N2O. The summed E-state index contributed by atoms with van der Waals surface area (Å²) in [6.45, 7) is 5.53. The van der Waals surface area contributed by atoms with Gasteiger partial charge in [0.25, 0.3) is 0 Å². The van der Waals surface area contributed by atoms with Crippen LogP contribution in [0.2, 0.25) is 0 Å². The Morgan fingerprint density at radius 1 is 2.00 bits per heavy atom. The maximum absolute atomic E-state index is 8.64. The Balaban J connectivity index is 3.05. The van der Waals surface area contributed by atoms with E-state index in [1.165, 1.54) is 0 Å². The number of hydrogen-bond donors (Lipinski definition) is 3. The van der Waals surface area contributed by atoms with Crippen molar-refractivity contribution in [1.82, 2.24) is 5.32 Å². The summed E-state index contributed by atoms with van der Waals surface area (Å²) in [5, 5.41) is 11.3. The molecule has 0 aromatic rings. The van der Waals surface area contributed by atoms with Gasteiger partial charge in [0, 0.05) is 6.54 Å². The van der Waals surface area contributed by atoms with Crippen LogP contribution >= 0.6 is 0 Å². The van der Waals surface area contributed by atoms with E-state index in [1.54, 1.807) is 6.92 Å². The van der Waals surface area contributed by atoms with Crippen LogP contribution in [0.4, 0.5) is 0 Å². The van der Waals surface area contributed by atoms with Gasteiger partial charge in [-0.1, -0.05) is 6.58 Å². The Kier molecular flexibility index (Phi) is 3.03. The summed E-state index contributed by atoms with van der Waals surface area (Å²) < 4.78 is 0. The first-order valence-electron chi connectivity index (χ1n) is 2.49. The summed E-state index contributed by atoms with van der Waals surface area (Å²) in [5.41, 5.74) is 5.12. The van der Waals surface area contributed by atoms with E-state index in [1.807, 2.05) is 0 Å². The number of nitrogens with two attached hydrogens (primary N) is 1. The molecule has 3 nitrogen and oxygen atoms in total. The maximum atomic E-state index is 8.64. The fraction of sp³-hybridized carbons (Fsp3) is 0.600. The molecule has 0 bridgehead atoms. The first kappa shape index (κ1) is 7.30. The Labute approximate surface area is 49.2 Å². The van der Waals surface area contributed by atoms with Crippen molar-refractivity contribution in [3.05, 3.63) is 12.4 Å². The summed E-state index contributed by atoms with van der Waals surface area (Å²) in [7, 11) is 0. The molecule has 0 fully saturated rings. The van der Waals surface area contributed by atoms with Crippen LogP contribution in [0.3, 0.4) is 0 Å². The second kappa shape index (κ2) is 3.32. The molecule has 0 radical (unpaired) electrons. The van der Waals surface area contributed by atoms with E-state index >= 15 is 0 Å². The predicted molar refractivity (Wildman–Crippen MR) is 33.0 cm³/mol. The van der Waals surface area contributed by atoms with Crippen LogP contribution in [-0.4, -0.2) is 17.8 Å². The minimum Gasteiger partial charge on any atom is -0.392 e. The van der Waals surface area contributed by atoms with E-state index in [0.717, 1.165) is 0 Å². The molecule has 0 heterocycles. The molecule has 0 amide bonds. The highest BCUT2D eigenvalue weighted by Gasteiger charge is 1.91. The van der Waals surface area contributed by atoms with Gasteiger partial charge in [-0.2, -0.15) is 0 Å². The number of aliphatic hydroxyl groups is 1. The first-order valence-corrected chi connectivity index (χ1v) is 2.49. The molecule has 0 aliphatic rings. The Hall–Kier alpha value is -0.700. The van der Waals surface area contributed by atoms with E-state index in [0.29, 0.717) is 12.4 Å². The van der Waals surface area contributed by atoms with Crippen LogP contribution in [0.5, 0.6) is 0 Å². The fourth-order valence-corrected chi connectivity index (χ4v) is 0.279. The van der Waals surface area contributed by atoms with Crippen LogP contribution in [0.15, 0.2) is 12.4 Å². The molecule has 8 heavy (non-hydrogen) atoms. The van der Waals surface area contributed by atoms with Crippen molar-refractivity contribution < 1.29 is 5.11 Å². The molecule has 0 aliphatic heterocycles. The average Bonchev–Trinajstić information content (AvgIpc) is 1.61. The lowest BCUT2D eigenvalue weighted by molar-refractivity contribution is 0.195. The highest BCUT2D eigenvalue weighted by Crippen LogP contribution is 1.75. The third-order valence-corrected chi connectivity index (χ3v) is 0.625. The van der Waals surface area contributed by atoms with E-state index in [-0.39, 0.29) is 6.10 Å². The normalized spacial score (nSPS) is 12.8. The van der Waals surface area contributed by atoms with Crippen molar-refractivity contribution in [3.8, 4) is 0 Å². The molecule has 0 rings (SSSR count). The average molecular weight is 116 g/mol. The van der Waals surface area contributed by atoms with Gasteiger partial charge in [-0.15, -0.1) is 0 Å². The predicted octanol–water partition coefficient (Wildman–Crippen LogP) is -0.613. The van der Waals surface area contributed by atoms with Gasteiger partial charge in [-0.05, 0) is 6.92 Å². The lowest BCUT2D eigenvalue weighted by Crippen LogP contribution is -2.26. The van der Waals surface area contributed by atoms with Crippen molar-refractivity contribution in [2.45, 2.75) is 13.0 Å². The smallest absolute Gasteiger partial charge is 0.0886 e. The molecule has 4 N–H and O–H groups in total. The Bertz CT molecular complexity index is 80.5. The molecule has 0 aromatic heterocycles. The van der Waals surface area contributed by atoms with Crippen molar-refractivity contribution in [2.24, 2.45) is 5.73 Å². The zero-order valence-electron chi connectivity index (χ0n) is 5.02. The van der Waals surface area contributed by atoms with Gasteiger partial charge in [0.15, 0.2) is 0 Å². The largest absolute Gasteiger partial charge is 0.392 e. The quantitative estimate of drug-likeness (QED) is 0.461. The molecule has 0 saturated heterocycles. The van der Waals surface area contributed by atoms with Gasteiger partial charge in [0.2, 0.25) is 0 Å². The number of hydrogen-bond acceptors (Lipinski definition) is 3. The van der Waals surface area contributed by atoms with Gasteiger partial charge in [-0.3, -0.25) is 0 Å². The fourth-order valence-electron chi connectivity index (χ4n) is 0.279. The van der Waals surface area contributed by atoms with Crippen LogP contribution < -0.4 is 11.1 Å². The lowest BCUT2D eigenvalue weighted by Gasteiger charge is -2.05. The zero-order chi connectivity index (χ0) is 6.57. The van der Waals surface area contributed by atoms with E-state index in [4.69, 9.17) is 10.8 Å². The van der Waals surface area contributed by atoms with Gasteiger partial charge in [0.05, 0.1) is 11.9 Å². The molecule has 0 aromatic carbocycles. The molecule has 48 valence electrons. The van der Waals surface area contributed by atoms with E-state index in [2.05, 4.69) is 11.9 Å². The second-order valence-electron chi connectivity index (χ2n) is 1.76. The summed E-state index contributed by atoms with van der Waals surface area (Å²) in [4.78, 5) is 0.